The SMILES string of the molecule is COc1c(C(N)CC(=O)O)cccc1S(C)(=O)=O. The van der Waals surface area contributed by atoms with E-state index in [1.165, 1.54) is 19.2 Å². The molecule has 1 rings (SSSR count). The van der Waals surface area contributed by atoms with Crippen LogP contribution in [-0.2, 0) is 14.6 Å². The van der Waals surface area contributed by atoms with Crippen LogP contribution in [0.5, 0.6) is 5.75 Å². The van der Waals surface area contributed by atoms with Crippen molar-refractivity contribution in [1.82, 2.24) is 0 Å². The van der Waals surface area contributed by atoms with Crippen molar-refractivity contribution in [1.29, 1.82) is 0 Å². The van der Waals surface area contributed by atoms with Crippen LogP contribution in [0.15, 0.2) is 23.1 Å². The highest BCUT2D eigenvalue weighted by molar-refractivity contribution is 7.90. The summed E-state index contributed by atoms with van der Waals surface area (Å²) in [7, 11) is -2.14. The standard InChI is InChI=1S/C11H15NO5S/c1-17-11-7(8(12)6-10(13)14)4-3-5-9(11)18(2,15)16/h3-5,8H,6,12H2,1-2H3,(H,13,14). The number of sulfone groups is 1. The third kappa shape index (κ3) is 3.21. The average molecular weight is 273 g/mol. The van der Waals surface area contributed by atoms with Gasteiger partial charge in [0.05, 0.1) is 13.5 Å². The van der Waals surface area contributed by atoms with Crippen LogP contribution in [0.25, 0.3) is 0 Å². The van der Waals surface area contributed by atoms with E-state index in [-0.39, 0.29) is 17.1 Å². The Labute approximate surface area is 105 Å². The fraction of sp³-hybridized carbons (Fsp3) is 0.364. The first-order chi connectivity index (χ1) is 8.27. The molecule has 100 valence electrons. The van der Waals surface area contributed by atoms with Crippen LogP contribution in [0.3, 0.4) is 0 Å². The summed E-state index contributed by atoms with van der Waals surface area (Å²) in [6, 6.07) is 3.64. The average Bonchev–Trinajstić information content (AvgIpc) is 2.25. The number of methoxy groups -OCH3 is 1. The molecule has 0 radical (unpaired) electrons. The number of nitrogens with two attached hydrogens (primary N) is 1. The lowest BCUT2D eigenvalue weighted by Gasteiger charge is -2.16. The molecule has 1 unspecified atom stereocenters. The first-order valence-electron chi connectivity index (χ1n) is 5.11. The highest BCUT2D eigenvalue weighted by Crippen LogP contribution is 2.32. The van der Waals surface area contributed by atoms with Gasteiger partial charge >= 0.3 is 5.97 Å². The van der Waals surface area contributed by atoms with Crippen molar-refractivity contribution in [2.24, 2.45) is 5.73 Å². The molecule has 0 saturated heterocycles. The summed E-state index contributed by atoms with van der Waals surface area (Å²) >= 11 is 0. The summed E-state index contributed by atoms with van der Waals surface area (Å²) in [6.45, 7) is 0. The molecule has 0 aromatic heterocycles. The zero-order valence-corrected chi connectivity index (χ0v) is 10.9. The molecule has 0 aliphatic heterocycles. The van der Waals surface area contributed by atoms with Crippen LogP contribution >= 0.6 is 0 Å². The lowest BCUT2D eigenvalue weighted by molar-refractivity contribution is -0.137. The summed E-state index contributed by atoms with van der Waals surface area (Å²) in [6.07, 6.45) is 0.751. The lowest BCUT2D eigenvalue weighted by Crippen LogP contribution is -2.17. The van der Waals surface area contributed by atoms with Gasteiger partial charge in [0.15, 0.2) is 9.84 Å². The van der Waals surface area contributed by atoms with E-state index in [2.05, 4.69) is 0 Å². The number of hydrogen-bond acceptors (Lipinski definition) is 5. The molecule has 0 heterocycles. The Morgan fingerprint density at radius 2 is 2.11 bits per heavy atom. The normalized spacial score (nSPS) is 13.1. The van der Waals surface area contributed by atoms with Crippen LogP contribution in [0.1, 0.15) is 18.0 Å². The summed E-state index contributed by atoms with van der Waals surface area (Å²) in [5, 5.41) is 8.70. The predicted octanol–water partition coefficient (Wildman–Crippen LogP) is 0.573. The molecular weight excluding hydrogens is 258 g/mol. The van der Waals surface area contributed by atoms with Gasteiger partial charge in [-0.05, 0) is 6.07 Å². The Morgan fingerprint density at radius 1 is 1.50 bits per heavy atom. The van der Waals surface area contributed by atoms with Crippen LogP contribution in [0, 0.1) is 0 Å². The molecule has 1 atom stereocenters. The molecule has 1 aromatic carbocycles. The molecular formula is C11H15NO5S. The number of carboxylic acids is 1. The quantitative estimate of drug-likeness (QED) is 0.812. The Morgan fingerprint density at radius 3 is 2.56 bits per heavy atom. The molecule has 0 saturated carbocycles. The minimum absolute atomic E-state index is 0.00309. The molecule has 0 fully saturated rings. The molecule has 18 heavy (non-hydrogen) atoms. The monoisotopic (exact) mass is 273 g/mol. The van der Waals surface area contributed by atoms with Gasteiger partial charge in [-0.25, -0.2) is 8.42 Å². The lowest BCUT2D eigenvalue weighted by atomic mass is 10.0. The van der Waals surface area contributed by atoms with Crippen molar-refractivity contribution < 1.29 is 23.1 Å². The number of carboxylic acid groups (broad SMARTS) is 1. The minimum atomic E-state index is -3.46. The third-order valence-corrected chi connectivity index (χ3v) is 3.53. The highest BCUT2D eigenvalue weighted by Gasteiger charge is 2.21. The smallest absolute Gasteiger partial charge is 0.305 e. The van der Waals surface area contributed by atoms with Crippen molar-refractivity contribution in [3.8, 4) is 5.75 Å². The number of carbonyl (C=O) groups is 1. The molecule has 0 spiro atoms. The number of para-hydroxylation sites is 1. The van der Waals surface area contributed by atoms with Gasteiger partial charge in [0.25, 0.3) is 0 Å². The summed E-state index contributed by atoms with van der Waals surface area (Å²) < 4.78 is 28.2. The first kappa shape index (κ1) is 14.5. The number of hydrogen-bond donors (Lipinski definition) is 2. The van der Waals surface area contributed by atoms with Crippen molar-refractivity contribution in [3.63, 3.8) is 0 Å². The van der Waals surface area contributed by atoms with E-state index in [0.29, 0.717) is 5.56 Å². The summed E-state index contributed by atoms with van der Waals surface area (Å²) in [5.41, 5.74) is 6.09. The summed E-state index contributed by atoms with van der Waals surface area (Å²) in [5.74, 6) is -0.955. The van der Waals surface area contributed by atoms with Crippen LogP contribution in [0.2, 0.25) is 0 Å². The molecule has 1 aromatic rings. The van der Waals surface area contributed by atoms with E-state index >= 15 is 0 Å². The van der Waals surface area contributed by atoms with E-state index in [9.17, 15) is 13.2 Å². The fourth-order valence-electron chi connectivity index (χ4n) is 1.63. The number of ether oxygens (including phenoxy) is 1. The molecule has 0 aliphatic carbocycles. The molecule has 3 N–H and O–H groups in total. The van der Waals surface area contributed by atoms with Gasteiger partial charge < -0.3 is 15.6 Å². The second-order valence-electron chi connectivity index (χ2n) is 3.86. The molecule has 7 heteroatoms. The zero-order chi connectivity index (χ0) is 13.9. The third-order valence-electron chi connectivity index (χ3n) is 2.41. The second kappa shape index (κ2) is 5.36. The predicted molar refractivity (Wildman–Crippen MR) is 65.3 cm³/mol. The minimum Gasteiger partial charge on any atom is -0.495 e. The molecule has 0 amide bonds. The van der Waals surface area contributed by atoms with E-state index in [4.69, 9.17) is 15.6 Å². The Hall–Kier alpha value is -1.60. The van der Waals surface area contributed by atoms with Gasteiger partial charge in [0.1, 0.15) is 10.6 Å². The Balaban J connectivity index is 3.34. The van der Waals surface area contributed by atoms with Crippen molar-refractivity contribution in [3.05, 3.63) is 23.8 Å². The Kier molecular flexibility index (Phi) is 4.31. The highest BCUT2D eigenvalue weighted by atomic mass is 32.2. The van der Waals surface area contributed by atoms with Gasteiger partial charge in [-0.2, -0.15) is 0 Å². The van der Waals surface area contributed by atoms with Crippen molar-refractivity contribution in [2.75, 3.05) is 13.4 Å². The van der Waals surface area contributed by atoms with E-state index in [0.717, 1.165) is 6.26 Å². The topological polar surface area (TPSA) is 107 Å². The van der Waals surface area contributed by atoms with Gasteiger partial charge in [-0.1, -0.05) is 12.1 Å². The molecule has 6 nitrogen and oxygen atoms in total. The van der Waals surface area contributed by atoms with E-state index in [1.807, 2.05) is 0 Å². The summed E-state index contributed by atoms with van der Waals surface area (Å²) in [4.78, 5) is 10.6. The maximum Gasteiger partial charge on any atom is 0.305 e. The van der Waals surface area contributed by atoms with Crippen molar-refractivity contribution >= 4 is 15.8 Å². The van der Waals surface area contributed by atoms with E-state index < -0.39 is 21.8 Å². The van der Waals surface area contributed by atoms with Crippen LogP contribution in [-0.4, -0.2) is 32.9 Å². The maximum absolute atomic E-state index is 11.6. The van der Waals surface area contributed by atoms with Crippen LogP contribution < -0.4 is 10.5 Å². The second-order valence-corrected chi connectivity index (χ2v) is 5.84. The Bertz CT molecular complexity index is 553. The largest absolute Gasteiger partial charge is 0.495 e. The number of benzene rings is 1. The number of rotatable bonds is 5. The van der Waals surface area contributed by atoms with Crippen LogP contribution in [0.4, 0.5) is 0 Å². The fourth-order valence-corrected chi connectivity index (χ4v) is 2.50. The van der Waals surface area contributed by atoms with Gasteiger partial charge in [-0.15, -0.1) is 0 Å². The maximum atomic E-state index is 11.6. The van der Waals surface area contributed by atoms with Gasteiger partial charge in [0, 0.05) is 17.9 Å². The number of aliphatic carboxylic acids is 1. The van der Waals surface area contributed by atoms with Crippen molar-refractivity contribution in [2.45, 2.75) is 17.4 Å². The zero-order valence-electron chi connectivity index (χ0n) is 10.1. The molecule has 0 aliphatic rings. The molecule has 0 bridgehead atoms. The van der Waals surface area contributed by atoms with Gasteiger partial charge in [0.2, 0.25) is 0 Å². The first-order valence-corrected chi connectivity index (χ1v) is 7.01. The van der Waals surface area contributed by atoms with Gasteiger partial charge in [-0.3, -0.25) is 4.79 Å². The van der Waals surface area contributed by atoms with E-state index in [1.54, 1.807) is 6.07 Å².